The van der Waals surface area contributed by atoms with Crippen LogP contribution in [0, 0.1) is 0 Å². The molecule has 99 heavy (non-hydrogen) atoms. The van der Waals surface area contributed by atoms with Crippen molar-refractivity contribution in [3.63, 3.8) is 0 Å². The first kappa shape index (κ1) is 61.0. The average molecular weight is 1280 g/mol. The van der Waals surface area contributed by atoms with Crippen molar-refractivity contribution >= 4 is 127 Å². The first-order valence-electron chi connectivity index (χ1n) is 34.7. The van der Waals surface area contributed by atoms with Gasteiger partial charge in [0.1, 0.15) is 0 Å². The van der Waals surface area contributed by atoms with E-state index < -0.39 is 0 Å². The van der Waals surface area contributed by atoms with Gasteiger partial charge in [-0.05, 0) is 215 Å². The van der Waals surface area contributed by atoms with Gasteiger partial charge in [-0.2, -0.15) is 0 Å². The zero-order valence-electron chi connectivity index (χ0n) is 58.1. The summed E-state index contributed by atoms with van der Waals surface area (Å²) in [6.45, 7) is 26.9. The monoisotopic (exact) mass is 1280 g/mol. The summed E-state index contributed by atoms with van der Waals surface area (Å²) < 4.78 is 9.78. The topological polar surface area (TPSA) is 26.2 Å². The van der Waals surface area contributed by atoms with Crippen LogP contribution in [-0.4, -0.2) is 18.3 Å². The standard InChI is InChI=1S/C93H80N6/c1-60(2)61-30-38-69(39-31-61)96-83-28-20-18-26-75(83)77-54-71(46-50-85(77)96)94(67-40-32-62(33-41-67)91(3,4)5)73-48-52-87-79(56-73)81-58-90-82(59-89(81)98(87)65-22-14-12-15-23-65)80-57-74(49-53-88(80)99(90)66-24-16-13-17-25-66)95(68-42-34-63(35-43-68)92(6,7)8)72-47-51-86-78(55-72)76-27-19-21-29-84(76)97(86)70-44-36-64(37-45-70)93(9,10)11/h12-59H,1H2,2-11H3. The summed E-state index contributed by atoms with van der Waals surface area (Å²) in [5.41, 5.74) is 26.3. The first-order valence-corrected chi connectivity index (χ1v) is 34.7. The third-order valence-electron chi connectivity index (χ3n) is 20.6. The molecule has 17 rings (SSSR count). The van der Waals surface area contributed by atoms with Crippen LogP contribution in [0.15, 0.2) is 298 Å². The van der Waals surface area contributed by atoms with Gasteiger partial charge in [0.2, 0.25) is 0 Å². The molecule has 4 aromatic heterocycles. The van der Waals surface area contributed by atoms with E-state index in [4.69, 9.17) is 0 Å². The van der Waals surface area contributed by atoms with Gasteiger partial charge in [-0.25, -0.2) is 0 Å². The zero-order valence-corrected chi connectivity index (χ0v) is 58.1. The third kappa shape index (κ3) is 10.3. The number of anilines is 6. The molecule has 0 N–H and O–H groups in total. The number of benzene rings is 13. The van der Waals surface area contributed by atoms with Gasteiger partial charge in [0.25, 0.3) is 0 Å². The van der Waals surface area contributed by atoms with Crippen LogP contribution >= 0.6 is 0 Å². The molecule has 6 heteroatoms. The van der Waals surface area contributed by atoms with Gasteiger partial charge in [-0.15, -0.1) is 0 Å². The molecule has 0 bridgehead atoms. The lowest BCUT2D eigenvalue weighted by Crippen LogP contribution is -2.13. The minimum absolute atomic E-state index is 0.0155. The van der Waals surface area contributed by atoms with E-state index in [2.05, 4.69) is 395 Å². The molecule has 0 radical (unpaired) electrons. The summed E-state index contributed by atoms with van der Waals surface area (Å²) in [6, 6.07) is 109. The minimum Gasteiger partial charge on any atom is -0.310 e. The second-order valence-electron chi connectivity index (χ2n) is 30.1. The van der Waals surface area contributed by atoms with Crippen molar-refractivity contribution in [2.24, 2.45) is 0 Å². The van der Waals surface area contributed by atoms with Crippen molar-refractivity contribution in [1.82, 2.24) is 18.3 Å². The van der Waals surface area contributed by atoms with Crippen molar-refractivity contribution in [1.29, 1.82) is 0 Å². The second-order valence-corrected chi connectivity index (χ2v) is 30.1. The fourth-order valence-electron chi connectivity index (χ4n) is 15.4. The summed E-state index contributed by atoms with van der Waals surface area (Å²) in [4.78, 5) is 4.92. The molecular weight excluding hydrogens is 1200 g/mol. The molecular formula is C93H80N6. The number of hydrogen-bond donors (Lipinski definition) is 0. The van der Waals surface area contributed by atoms with Gasteiger partial charge in [0, 0.05) is 100.0 Å². The van der Waals surface area contributed by atoms with Gasteiger partial charge in [-0.3, -0.25) is 0 Å². The molecule has 0 atom stereocenters. The van der Waals surface area contributed by atoms with E-state index in [-0.39, 0.29) is 16.2 Å². The Hall–Kier alpha value is -11.6. The van der Waals surface area contributed by atoms with Crippen molar-refractivity contribution in [2.45, 2.75) is 85.5 Å². The highest BCUT2D eigenvalue weighted by Crippen LogP contribution is 2.48. The maximum absolute atomic E-state index is 4.23. The normalized spacial score (nSPS) is 12.4. The Morgan fingerprint density at radius 1 is 0.242 bits per heavy atom. The zero-order chi connectivity index (χ0) is 67.8. The Morgan fingerprint density at radius 3 is 0.828 bits per heavy atom. The number of rotatable bonds is 11. The molecule has 13 aromatic carbocycles. The fourth-order valence-corrected chi connectivity index (χ4v) is 15.4. The van der Waals surface area contributed by atoms with Crippen LogP contribution in [0.1, 0.15) is 91.5 Å². The molecule has 0 aliphatic heterocycles. The smallest absolute Gasteiger partial charge is 0.0548 e. The largest absolute Gasteiger partial charge is 0.310 e. The molecule has 17 aromatic rings. The lowest BCUT2D eigenvalue weighted by molar-refractivity contribution is 0.590. The van der Waals surface area contributed by atoms with E-state index in [0.29, 0.717) is 0 Å². The summed E-state index contributed by atoms with van der Waals surface area (Å²) >= 11 is 0. The number of aromatic nitrogens is 4. The SMILES string of the molecule is C=C(C)c1ccc(-n2c3ccccc3c3cc(N(c4ccc(C(C)(C)C)cc4)c4ccc5c(c4)c4cc6c(cc4n5-c4ccccc4)c4cc(N(c5ccc(C(C)(C)C)cc5)c5ccc7c(c5)c5ccccc5n7-c5ccc(C(C)(C)C)cc5)ccc4n6-c4ccccc4)ccc32)cc1. The molecule has 4 heterocycles. The summed E-state index contributed by atoms with van der Waals surface area (Å²) in [6.07, 6.45) is 0. The maximum atomic E-state index is 4.23. The van der Waals surface area contributed by atoms with Crippen molar-refractivity contribution < 1.29 is 0 Å². The Labute approximate surface area is 579 Å². The fraction of sp³-hybridized carbons (Fsp3) is 0.140. The van der Waals surface area contributed by atoms with E-state index in [0.717, 1.165) is 106 Å². The predicted octanol–water partition coefficient (Wildman–Crippen LogP) is 25.9. The Morgan fingerprint density at radius 2 is 0.495 bits per heavy atom. The van der Waals surface area contributed by atoms with Crippen molar-refractivity contribution in [3.05, 3.63) is 320 Å². The number of fused-ring (bicyclic) bond motifs is 12. The summed E-state index contributed by atoms with van der Waals surface area (Å²) in [5.74, 6) is 0. The first-order chi connectivity index (χ1) is 47.8. The van der Waals surface area contributed by atoms with Crippen LogP contribution in [0.4, 0.5) is 34.1 Å². The number of nitrogens with zero attached hydrogens (tertiary/aromatic N) is 6. The highest BCUT2D eigenvalue weighted by molar-refractivity contribution is 6.21. The third-order valence-corrected chi connectivity index (χ3v) is 20.6. The maximum Gasteiger partial charge on any atom is 0.0548 e. The molecule has 482 valence electrons. The molecule has 0 aliphatic rings. The van der Waals surface area contributed by atoms with Crippen LogP contribution in [-0.2, 0) is 16.2 Å². The summed E-state index contributed by atoms with van der Waals surface area (Å²) in [7, 11) is 0. The van der Waals surface area contributed by atoms with E-state index in [9.17, 15) is 0 Å². The Balaban J connectivity index is 0.879. The lowest BCUT2D eigenvalue weighted by atomic mass is 9.87. The van der Waals surface area contributed by atoms with Gasteiger partial charge >= 0.3 is 0 Å². The van der Waals surface area contributed by atoms with Crippen molar-refractivity contribution in [3.8, 4) is 22.7 Å². The number of hydrogen-bond acceptors (Lipinski definition) is 2. The van der Waals surface area contributed by atoms with Crippen LogP contribution < -0.4 is 9.80 Å². The van der Waals surface area contributed by atoms with Crippen LogP contribution in [0.2, 0.25) is 0 Å². The molecule has 0 unspecified atom stereocenters. The van der Waals surface area contributed by atoms with Crippen LogP contribution in [0.5, 0.6) is 0 Å². The molecule has 0 fully saturated rings. The molecule has 0 amide bonds. The molecule has 0 spiro atoms. The lowest BCUT2D eigenvalue weighted by Gasteiger charge is -2.27. The van der Waals surface area contributed by atoms with Gasteiger partial charge in [0.05, 0.1) is 44.1 Å². The van der Waals surface area contributed by atoms with Gasteiger partial charge < -0.3 is 28.1 Å². The second kappa shape index (κ2) is 23.0. The van der Waals surface area contributed by atoms with Gasteiger partial charge in [-0.1, -0.05) is 196 Å². The predicted molar refractivity (Wildman–Crippen MR) is 424 cm³/mol. The molecule has 0 aliphatic carbocycles. The quantitative estimate of drug-likeness (QED) is 0.129. The Bertz CT molecular complexity index is 6020. The highest BCUT2D eigenvalue weighted by atomic mass is 15.2. The van der Waals surface area contributed by atoms with E-state index >= 15 is 0 Å². The van der Waals surface area contributed by atoms with Crippen molar-refractivity contribution in [2.75, 3.05) is 9.80 Å². The van der Waals surface area contributed by atoms with E-state index in [1.165, 1.54) is 65.6 Å². The number of allylic oxidation sites excluding steroid dienone is 1. The molecule has 0 saturated carbocycles. The summed E-state index contributed by atoms with van der Waals surface area (Å²) in [5, 5.41) is 9.47. The Kier molecular flexibility index (Phi) is 14.2. The van der Waals surface area contributed by atoms with Crippen LogP contribution in [0.25, 0.3) is 116 Å². The molecule has 6 nitrogen and oxygen atoms in total. The minimum atomic E-state index is -0.0171. The number of para-hydroxylation sites is 4. The van der Waals surface area contributed by atoms with Crippen LogP contribution in [0.3, 0.4) is 0 Å². The highest BCUT2D eigenvalue weighted by Gasteiger charge is 2.26. The van der Waals surface area contributed by atoms with Gasteiger partial charge in [0.15, 0.2) is 0 Å². The van der Waals surface area contributed by atoms with E-state index in [1.54, 1.807) is 0 Å². The van der Waals surface area contributed by atoms with E-state index in [1.807, 2.05) is 0 Å². The molecule has 0 saturated heterocycles. The average Bonchev–Trinajstić information content (AvgIpc) is 1.56.